The van der Waals surface area contributed by atoms with Gasteiger partial charge >= 0.3 is 0 Å². The molecule has 27 heavy (non-hydrogen) atoms. The van der Waals surface area contributed by atoms with Crippen LogP contribution in [0.25, 0.3) is 0 Å². The summed E-state index contributed by atoms with van der Waals surface area (Å²) in [5, 5.41) is 4.63. The number of nitrogens with zero attached hydrogens (tertiary/aromatic N) is 2. The first-order valence-corrected chi connectivity index (χ1v) is 9.26. The van der Waals surface area contributed by atoms with Crippen molar-refractivity contribution >= 4 is 34.6 Å². The second kappa shape index (κ2) is 9.35. The molecule has 3 rings (SSSR count). The predicted octanol–water partition coefficient (Wildman–Crippen LogP) is 5.14. The predicted molar refractivity (Wildman–Crippen MR) is 114 cm³/mol. The van der Waals surface area contributed by atoms with Gasteiger partial charge in [0.2, 0.25) is 0 Å². The normalized spacial score (nSPS) is 10.3. The molecule has 0 amide bonds. The Balaban J connectivity index is 1.79. The third-order valence-corrected chi connectivity index (χ3v) is 4.77. The lowest BCUT2D eigenvalue weighted by Crippen LogP contribution is -2.34. The van der Waals surface area contributed by atoms with Gasteiger partial charge in [0.25, 0.3) is 0 Å². The van der Waals surface area contributed by atoms with Crippen molar-refractivity contribution in [2.24, 2.45) is 0 Å². The van der Waals surface area contributed by atoms with E-state index in [0.29, 0.717) is 18.2 Å². The van der Waals surface area contributed by atoms with Gasteiger partial charge in [0.05, 0.1) is 7.11 Å². The first-order valence-electron chi connectivity index (χ1n) is 8.48. The Morgan fingerprint density at radius 3 is 2.52 bits per heavy atom. The van der Waals surface area contributed by atoms with Crippen molar-refractivity contribution in [3.8, 4) is 5.75 Å². The quantitative estimate of drug-likeness (QED) is 0.582. The van der Waals surface area contributed by atoms with E-state index in [2.05, 4.69) is 15.2 Å². The van der Waals surface area contributed by atoms with E-state index < -0.39 is 0 Å². The van der Waals surface area contributed by atoms with Crippen molar-refractivity contribution in [1.29, 1.82) is 0 Å². The molecule has 0 bridgehead atoms. The SMILES string of the molecule is COc1ccc(NC(=S)N(Cc2cccnc2)Cc2ccccc2Cl)cc1. The van der Waals surface area contributed by atoms with Gasteiger partial charge in [0, 0.05) is 36.2 Å². The number of thiocarbonyl (C=S) groups is 1. The molecule has 1 N–H and O–H groups in total. The fourth-order valence-corrected chi connectivity index (χ4v) is 3.06. The molecule has 0 spiro atoms. The Labute approximate surface area is 169 Å². The molecule has 0 aliphatic rings. The average molecular weight is 398 g/mol. The summed E-state index contributed by atoms with van der Waals surface area (Å²) >= 11 is 12.0. The first-order chi connectivity index (χ1) is 13.2. The number of halogens is 1. The molecule has 0 aliphatic carbocycles. The van der Waals surface area contributed by atoms with Gasteiger partial charge < -0.3 is 15.0 Å². The van der Waals surface area contributed by atoms with E-state index in [-0.39, 0.29) is 0 Å². The highest BCUT2D eigenvalue weighted by molar-refractivity contribution is 7.80. The average Bonchev–Trinajstić information content (AvgIpc) is 2.70. The largest absolute Gasteiger partial charge is 0.497 e. The zero-order valence-corrected chi connectivity index (χ0v) is 16.5. The summed E-state index contributed by atoms with van der Waals surface area (Å²) in [6, 6.07) is 19.4. The molecule has 0 fully saturated rings. The highest BCUT2D eigenvalue weighted by Gasteiger charge is 2.13. The number of pyridine rings is 1. The number of benzene rings is 2. The molecule has 0 atom stereocenters. The number of hydrogen-bond acceptors (Lipinski definition) is 3. The second-order valence-electron chi connectivity index (χ2n) is 5.97. The van der Waals surface area contributed by atoms with E-state index in [0.717, 1.165) is 27.6 Å². The van der Waals surface area contributed by atoms with Crippen LogP contribution in [0, 0.1) is 0 Å². The Hall–Kier alpha value is -2.63. The van der Waals surface area contributed by atoms with Crippen LogP contribution in [0.1, 0.15) is 11.1 Å². The van der Waals surface area contributed by atoms with Crippen molar-refractivity contribution < 1.29 is 4.74 Å². The van der Waals surface area contributed by atoms with Crippen molar-refractivity contribution in [2.75, 3.05) is 12.4 Å². The molecule has 138 valence electrons. The number of aromatic nitrogens is 1. The van der Waals surface area contributed by atoms with Crippen LogP contribution in [0.15, 0.2) is 73.1 Å². The van der Waals surface area contributed by atoms with Gasteiger partial charge in [-0.25, -0.2) is 0 Å². The van der Waals surface area contributed by atoms with E-state index in [9.17, 15) is 0 Å². The third kappa shape index (κ3) is 5.42. The highest BCUT2D eigenvalue weighted by atomic mass is 35.5. The van der Waals surface area contributed by atoms with E-state index in [4.69, 9.17) is 28.6 Å². The minimum atomic E-state index is 0.594. The molecule has 0 unspecified atom stereocenters. The number of anilines is 1. The number of hydrogen-bond donors (Lipinski definition) is 1. The van der Waals surface area contributed by atoms with E-state index in [1.54, 1.807) is 13.3 Å². The van der Waals surface area contributed by atoms with Crippen LogP contribution in [0.5, 0.6) is 5.75 Å². The van der Waals surface area contributed by atoms with Crippen molar-refractivity contribution in [3.63, 3.8) is 0 Å². The summed E-state index contributed by atoms with van der Waals surface area (Å²) in [5.41, 5.74) is 2.99. The molecule has 0 radical (unpaired) electrons. The Bertz CT molecular complexity index is 887. The van der Waals surface area contributed by atoms with Gasteiger partial charge in [-0.15, -0.1) is 0 Å². The number of methoxy groups -OCH3 is 1. The molecule has 0 saturated carbocycles. The number of rotatable bonds is 6. The molecule has 3 aromatic rings. The van der Waals surface area contributed by atoms with Crippen LogP contribution in [0.2, 0.25) is 5.02 Å². The monoisotopic (exact) mass is 397 g/mol. The van der Waals surface area contributed by atoms with Crippen molar-refractivity contribution in [2.45, 2.75) is 13.1 Å². The topological polar surface area (TPSA) is 37.4 Å². The van der Waals surface area contributed by atoms with E-state index >= 15 is 0 Å². The molecular formula is C21H20ClN3OS. The van der Waals surface area contributed by atoms with E-state index in [1.165, 1.54) is 0 Å². The fraction of sp³-hybridized carbons (Fsp3) is 0.143. The van der Waals surface area contributed by atoms with Crippen molar-refractivity contribution in [1.82, 2.24) is 9.88 Å². The minimum absolute atomic E-state index is 0.594. The van der Waals surface area contributed by atoms with E-state index in [1.807, 2.05) is 66.9 Å². The molecule has 0 aliphatic heterocycles. The first kappa shape index (κ1) is 19.1. The highest BCUT2D eigenvalue weighted by Crippen LogP contribution is 2.20. The van der Waals surface area contributed by atoms with Gasteiger partial charge in [-0.05, 0) is 59.7 Å². The zero-order valence-electron chi connectivity index (χ0n) is 14.9. The maximum Gasteiger partial charge on any atom is 0.174 e. The fourth-order valence-electron chi connectivity index (χ4n) is 2.62. The van der Waals surface area contributed by atoms with Crippen LogP contribution in [-0.4, -0.2) is 22.1 Å². The summed E-state index contributed by atoms with van der Waals surface area (Å²) in [6.45, 7) is 1.22. The maximum absolute atomic E-state index is 6.35. The van der Waals surface area contributed by atoms with Gasteiger partial charge in [-0.2, -0.15) is 0 Å². The van der Waals surface area contributed by atoms with Crippen LogP contribution in [-0.2, 0) is 13.1 Å². The smallest absolute Gasteiger partial charge is 0.174 e. The Kier molecular flexibility index (Phi) is 6.63. The molecule has 2 aromatic carbocycles. The van der Waals surface area contributed by atoms with Gasteiger partial charge in [0.15, 0.2) is 5.11 Å². The Morgan fingerprint density at radius 1 is 1.07 bits per heavy atom. The van der Waals surface area contributed by atoms with Crippen LogP contribution < -0.4 is 10.1 Å². The molecule has 1 heterocycles. The summed E-state index contributed by atoms with van der Waals surface area (Å²) in [6.07, 6.45) is 3.60. The molecule has 0 saturated heterocycles. The summed E-state index contributed by atoms with van der Waals surface area (Å²) in [5.74, 6) is 0.801. The summed E-state index contributed by atoms with van der Waals surface area (Å²) in [7, 11) is 1.65. The second-order valence-corrected chi connectivity index (χ2v) is 6.76. The van der Waals surface area contributed by atoms with Gasteiger partial charge in [0.1, 0.15) is 5.75 Å². The zero-order chi connectivity index (χ0) is 19.1. The molecule has 6 heteroatoms. The van der Waals surface area contributed by atoms with Gasteiger partial charge in [-0.1, -0.05) is 35.9 Å². The van der Waals surface area contributed by atoms with Crippen LogP contribution in [0.4, 0.5) is 5.69 Å². The van der Waals surface area contributed by atoms with Crippen molar-refractivity contribution in [3.05, 3.63) is 89.2 Å². The lowest BCUT2D eigenvalue weighted by Gasteiger charge is -2.26. The summed E-state index contributed by atoms with van der Waals surface area (Å²) < 4.78 is 5.20. The number of nitrogens with one attached hydrogen (secondary N) is 1. The maximum atomic E-state index is 6.35. The summed E-state index contributed by atoms with van der Waals surface area (Å²) in [4.78, 5) is 6.26. The van der Waals surface area contributed by atoms with Gasteiger partial charge in [-0.3, -0.25) is 4.98 Å². The molecular weight excluding hydrogens is 378 g/mol. The molecule has 4 nitrogen and oxygen atoms in total. The third-order valence-electron chi connectivity index (χ3n) is 4.04. The van der Waals surface area contributed by atoms with Crippen LogP contribution in [0.3, 0.4) is 0 Å². The minimum Gasteiger partial charge on any atom is -0.497 e. The lowest BCUT2D eigenvalue weighted by atomic mass is 10.2. The Morgan fingerprint density at radius 2 is 1.85 bits per heavy atom. The van der Waals surface area contributed by atoms with Crippen LogP contribution >= 0.6 is 23.8 Å². The number of ether oxygens (including phenoxy) is 1. The standard InChI is InChI=1S/C21H20ClN3OS/c1-26-19-10-8-18(9-11-19)24-21(27)25(14-16-5-4-12-23-13-16)15-17-6-2-3-7-20(17)22/h2-13H,14-15H2,1H3,(H,24,27). The molecule has 1 aromatic heterocycles. The lowest BCUT2D eigenvalue weighted by molar-refractivity contribution is 0.412.